The van der Waals surface area contributed by atoms with Crippen molar-refractivity contribution in [2.45, 2.75) is 17.9 Å². The number of hydrogen-bond donors (Lipinski definition) is 1. The number of halogens is 1. The number of benzene rings is 2. The van der Waals surface area contributed by atoms with Crippen LogP contribution < -0.4 is 14.4 Å². The minimum atomic E-state index is -3.82. The van der Waals surface area contributed by atoms with Gasteiger partial charge in [-0.05, 0) is 49.4 Å². The smallest absolute Gasteiger partial charge is 0.265 e. The van der Waals surface area contributed by atoms with E-state index in [9.17, 15) is 8.42 Å². The molecule has 1 unspecified atom stereocenters. The summed E-state index contributed by atoms with van der Waals surface area (Å²) in [6.45, 7) is 4.28. The Morgan fingerprint density at radius 3 is 2.62 bits per heavy atom. The van der Waals surface area contributed by atoms with Gasteiger partial charge in [0, 0.05) is 29.0 Å². The third kappa shape index (κ3) is 4.06. The van der Waals surface area contributed by atoms with Gasteiger partial charge in [0.1, 0.15) is 10.6 Å². The highest BCUT2D eigenvalue weighted by Crippen LogP contribution is 2.29. The van der Waals surface area contributed by atoms with Gasteiger partial charge in [0.2, 0.25) is 0 Å². The third-order valence-corrected chi connectivity index (χ3v) is 5.87. The van der Waals surface area contributed by atoms with Crippen LogP contribution in [0.1, 0.15) is 6.92 Å². The molecule has 1 aliphatic rings. The van der Waals surface area contributed by atoms with Crippen molar-refractivity contribution in [1.82, 2.24) is 0 Å². The quantitative estimate of drug-likeness (QED) is 0.839. The van der Waals surface area contributed by atoms with Crippen LogP contribution in [0.3, 0.4) is 0 Å². The predicted octanol–water partition coefficient (Wildman–Crippen LogP) is 3.37. The molecule has 0 bridgehead atoms. The Labute approximate surface area is 158 Å². The predicted molar refractivity (Wildman–Crippen MR) is 103 cm³/mol. The topological polar surface area (TPSA) is 67.9 Å². The molecule has 3 rings (SSSR count). The Balaban J connectivity index is 1.81. The van der Waals surface area contributed by atoms with Crippen LogP contribution in [-0.2, 0) is 14.8 Å². The summed E-state index contributed by atoms with van der Waals surface area (Å²) in [6.07, 6.45) is 0. The summed E-state index contributed by atoms with van der Waals surface area (Å²) in [5.74, 6) is 0.237. The number of nitrogens with one attached hydrogen (secondary N) is 1. The van der Waals surface area contributed by atoms with E-state index in [1.165, 1.54) is 19.2 Å². The zero-order valence-corrected chi connectivity index (χ0v) is 16.2. The summed E-state index contributed by atoms with van der Waals surface area (Å²) in [6, 6.07) is 12.0. The Hall–Kier alpha value is -1.96. The van der Waals surface area contributed by atoms with Crippen LogP contribution in [0.25, 0.3) is 0 Å². The first-order valence-electron chi connectivity index (χ1n) is 8.21. The normalized spacial score (nSPS) is 17.8. The minimum absolute atomic E-state index is 0.00150. The Kier molecular flexibility index (Phi) is 5.60. The molecule has 1 fully saturated rings. The van der Waals surface area contributed by atoms with Crippen LogP contribution in [0.15, 0.2) is 47.4 Å². The second kappa shape index (κ2) is 7.73. The van der Waals surface area contributed by atoms with E-state index in [-0.39, 0.29) is 16.7 Å². The molecule has 0 spiro atoms. The first-order valence-corrected chi connectivity index (χ1v) is 10.1. The molecule has 0 aliphatic carbocycles. The molecule has 26 heavy (non-hydrogen) atoms. The molecule has 2 aromatic rings. The minimum Gasteiger partial charge on any atom is -0.495 e. The van der Waals surface area contributed by atoms with E-state index in [1.54, 1.807) is 18.2 Å². The van der Waals surface area contributed by atoms with Crippen LogP contribution in [0, 0.1) is 0 Å². The van der Waals surface area contributed by atoms with E-state index in [2.05, 4.69) is 16.5 Å². The molecule has 2 aromatic carbocycles. The maximum Gasteiger partial charge on any atom is 0.265 e. The number of anilines is 2. The highest BCUT2D eigenvalue weighted by molar-refractivity contribution is 7.92. The number of morpholine rings is 1. The lowest BCUT2D eigenvalue weighted by Gasteiger charge is -2.35. The molecule has 140 valence electrons. The highest BCUT2D eigenvalue weighted by atomic mass is 35.5. The van der Waals surface area contributed by atoms with Crippen molar-refractivity contribution < 1.29 is 17.9 Å². The first kappa shape index (κ1) is 18.8. The molecule has 1 heterocycles. The molecule has 1 aliphatic heterocycles. The number of methoxy groups -OCH3 is 1. The summed E-state index contributed by atoms with van der Waals surface area (Å²) in [4.78, 5) is 2.24. The summed E-state index contributed by atoms with van der Waals surface area (Å²) >= 11 is 5.94. The van der Waals surface area contributed by atoms with Crippen LogP contribution in [-0.4, -0.2) is 41.3 Å². The third-order valence-electron chi connectivity index (χ3n) is 4.23. The molecular weight excluding hydrogens is 376 g/mol. The van der Waals surface area contributed by atoms with Crippen molar-refractivity contribution >= 4 is 33.0 Å². The maximum absolute atomic E-state index is 12.7. The van der Waals surface area contributed by atoms with E-state index in [0.717, 1.165) is 12.2 Å². The van der Waals surface area contributed by atoms with Crippen LogP contribution in [0.4, 0.5) is 11.4 Å². The van der Waals surface area contributed by atoms with E-state index in [4.69, 9.17) is 21.1 Å². The van der Waals surface area contributed by atoms with Gasteiger partial charge in [-0.3, -0.25) is 4.72 Å². The Morgan fingerprint density at radius 2 is 1.96 bits per heavy atom. The SMILES string of the molecule is COc1ccc(Cl)cc1S(=O)(=O)Nc1ccc(N2CCOCC2C)cc1. The van der Waals surface area contributed by atoms with Gasteiger partial charge >= 0.3 is 0 Å². The monoisotopic (exact) mass is 396 g/mol. The molecule has 1 atom stereocenters. The average Bonchev–Trinajstić information content (AvgIpc) is 2.63. The standard InChI is InChI=1S/C18H21ClN2O4S/c1-13-12-25-10-9-21(13)16-6-4-15(5-7-16)20-26(22,23)18-11-14(19)3-8-17(18)24-2/h3-8,11,13,20H,9-10,12H2,1-2H3. The van der Waals surface area contributed by atoms with Gasteiger partial charge in [0.25, 0.3) is 10.0 Å². The van der Waals surface area contributed by atoms with Gasteiger partial charge in [0.15, 0.2) is 0 Å². The van der Waals surface area contributed by atoms with Gasteiger partial charge in [-0.1, -0.05) is 11.6 Å². The van der Waals surface area contributed by atoms with Gasteiger partial charge < -0.3 is 14.4 Å². The van der Waals surface area contributed by atoms with Crippen molar-refractivity contribution in [2.24, 2.45) is 0 Å². The second-order valence-corrected chi connectivity index (χ2v) is 8.15. The summed E-state index contributed by atoms with van der Waals surface area (Å²) in [5, 5.41) is 0.322. The summed E-state index contributed by atoms with van der Waals surface area (Å²) in [5.41, 5.74) is 1.50. The maximum atomic E-state index is 12.7. The number of nitrogens with zero attached hydrogens (tertiary/aromatic N) is 1. The lowest BCUT2D eigenvalue weighted by atomic mass is 10.2. The zero-order chi connectivity index (χ0) is 18.7. The zero-order valence-electron chi connectivity index (χ0n) is 14.6. The van der Waals surface area contributed by atoms with Gasteiger partial charge in [-0.25, -0.2) is 8.42 Å². The van der Waals surface area contributed by atoms with Gasteiger partial charge in [-0.15, -0.1) is 0 Å². The van der Waals surface area contributed by atoms with E-state index in [0.29, 0.717) is 23.9 Å². The number of ether oxygens (including phenoxy) is 2. The molecule has 0 amide bonds. The molecule has 0 aromatic heterocycles. The summed E-state index contributed by atoms with van der Waals surface area (Å²) in [7, 11) is -2.40. The molecule has 8 heteroatoms. The fourth-order valence-corrected chi connectivity index (χ4v) is 4.39. The lowest BCUT2D eigenvalue weighted by molar-refractivity contribution is 0.0989. The average molecular weight is 397 g/mol. The molecular formula is C18H21ClN2O4S. The van der Waals surface area contributed by atoms with Crippen LogP contribution in [0.5, 0.6) is 5.75 Å². The fourth-order valence-electron chi connectivity index (χ4n) is 2.90. The van der Waals surface area contributed by atoms with Crippen molar-refractivity contribution in [1.29, 1.82) is 0 Å². The highest BCUT2D eigenvalue weighted by Gasteiger charge is 2.21. The largest absolute Gasteiger partial charge is 0.495 e. The summed E-state index contributed by atoms with van der Waals surface area (Å²) < 4.78 is 38.5. The number of hydrogen-bond acceptors (Lipinski definition) is 5. The van der Waals surface area contributed by atoms with E-state index < -0.39 is 10.0 Å². The van der Waals surface area contributed by atoms with Gasteiger partial charge in [0.05, 0.1) is 20.3 Å². The molecule has 1 saturated heterocycles. The van der Waals surface area contributed by atoms with Crippen molar-refractivity contribution in [3.05, 3.63) is 47.5 Å². The molecule has 0 saturated carbocycles. The number of sulfonamides is 1. The van der Waals surface area contributed by atoms with Crippen molar-refractivity contribution in [3.63, 3.8) is 0 Å². The Bertz CT molecular complexity index is 871. The van der Waals surface area contributed by atoms with E-state index in [1.807, 2.05) is 12.1 Å². The molecule has 1 N–H and O–H groups in total. The van der Waals surface area contributed by atoms with Crippen LogP contribution in [0.2, 0.25) is 5.02 Å². The number of rotatable bonds is 5. The molecule has 6 nitrogen and oxygen atoms in total. The van der Waals surface area contributed by atoms with Gasteiger partial charge in [-0.2, -0.15) is 0 Å². The van der Waals surface area contributed by atoms with Crippen molar-refractivity contribution in [3.8, 4) is 5.75 Å². The Morgan fingerprint density at radius 1 is 1.23 bits per heavy atom. The molecule has 0 radical (unpaired) electrons. The fraction of sp³-hybridized carbons (Fsp3) is 0.333. The second-order valence-electron chi connectivity index (χ2n) is 6.06. The lowest BCUT2D eigenvalue weighted by Crippen LogP contribution is -2.43. The van der Waals surface area contributed by atoms with E-state index >= 15 is 0 Å². The van der Waals surface area contributed by atoms with Crippen molar-refractivity contribution in [2.75, 3.05) is 36.5 Å². The first-order chi connectivity index (χ1) is 12.4. The van der Waals surface area contributed by atoms with Crippen LogP contribution >= 0.6 is 11.6 Å².